The largest absolute Gasteiger partial charge is 0.478 e. The highest BCUT2D eigenvalue weighted by atomic mass is 16.6. The topological polar surface area (TPSA) is 93.1 Å². The van der Waals surface area contributed by atoms with Crippen molar-refractivity contribution in [2.24, 2.45) is 0 Å². The number of carbonyl (C=O) groups is 3. The summed E-state index contributed by atoms with van der Waals surface area (Å²) in [5.41, 5.74) is -0.270. The third-order valence-corrected chi connectivity index (χ3v) is 3.79. The highest BCUT2D eigenvalue weighted by molar-refractivity contribution is 6.12. The highest BCUT2D eigenvalue weighted by Gasteiger charge is 2.31. The molecule has 1 aliphatic heterocycles. The molecule has 7 nitrogen and oxygen atoms in total. The molecular formula is C20H19NO6. The summed E-state index contributed by atoms with van der Waals surface area (Å²) in [4.78, 5) is 38.0. The van der Waals surface area contributed by atoms with Crippen molar-refractivity contribution in [2.75, 3.05) is 11.4 Å². The van der Waals surface area contributed by atoms with E-state index >= 15 is 0 Å². The number of aromatic carboxylic acids is 1. The Morgan fingerprint density at radius 3 is 2.48 bits per heavy atom. The molecule has 0 saturated heterocycles. The molecular weight excluding hydrogens is 350 g/mol. The second kappa shape index (κ2) is 6.75. The van der Waals surface area contributed by atoms with E-state index in [1.165, 1.54) is 23.1 Å². The van der Waals surface area contributed by atoms with E-state index < -0.39 is 23.4 Å². The SMILES string of the molecule is CC(C)(C)OC(=O)CN1C(=O)c2ccccc2Oc2ccc(C(=O)O)cc21. The van der Waals surface area contributed by atoms with Crippen LogP contribution in [-0.2, 0) is 9.53 Å². The molecule has 2 aromatic carbocycles. The highest BCUT2D eigenvalue weighted by Crippen LogP contribution is 2.39. The maximum Gasteiger partial charge on any atom is 0.335 e. The van der Waals surface area contributed by atoms with Gasteiger partial charge in [-0.2, -0.15) is 0 Å². The monoisotopic (exact) mass is 369 g/mol. The fourth-order valence-corrected chi connectivity index (χ4v) is 2.71. The fourth-order valence-electron chi connectivity index (χ4n) is 2.71. The maximum absolute atomic E-state index is 13.1. The van der Waals surface area contributed by atoms with Gasteiger partial charge in [-0.1, -0.05) is 12.1 Å². The average Bonchev–Trinajstić information content (AvgIpc) is 2.68. The van der Waals surface area contributed by atoms with Gasteiger partial charge in [0.1, 0.15) is 17.9 Å². The van der Waals surface area contributed by atoms with Crippen molar-refractivity contribution in [2.45, 2.75) is 26.4 Å². The maximum atomic E-state index is 13.1. The zero-order valence-electron chi connectivity index (χ0n) is 15.2. The van der Waals surface area contributed by atoms with Crippen molar-refractivity contribution in [3.63, 3.8) is 0 Å². The molecule has 0 aromatic heterocycles. The number of carboxylic acids is 1. The minimum absolute atomic E-state index is 0.0229. The van der Waals surface area contributed by atoms with Crippen LogP contribution >= 0.6 is 0 Å². The summed E-state index contributed by atoms with van der Waals surface area (Å²) in [5, 5.41) is 9.28. The van der Waals surface area contributed by atoms with Crippen LogP contribution in [0.2, 0.25) is 0 Å². The Morgan fingerprint density at radius 2 is 1.81 bits per heavy atom. The summed E-state index contributed by atoms with van der Waals surface area (Å²) in [6.45, 7) is 4.81. The van der Waals surface area contributed by atoms with Crippen molar-refractivity contribution in [1.82, 2.24) is 0 Å². The lowest BCUT2D eigenvalue weighted by atomic mass is 10.1. The summed E-state index contributed by atoms with van der Waals surface area (Å²) in [5.74, 6) is -1.62. The predicted molar refractivity (Wildman–Crippen MR) is 97.4 cm³/mol. The molecule has 0 aliphatic carbocycles. The van der Waals surface area contributed by atoms with Crippen molar-refractivity contribution in [1.29, 1.82) is 0 Å². The van der Waals surface area contributed by atoms with Gasteiger partial charge >= 0.3 is 11.9 Å². The number of fused-ring (bicyclic) bond motifs is 2. The Hall–Kier alpha value is -3.35. The van der Waals surface area contributed by atoms with Gasteiger partial charge in [-0.3, -0.25) is 14.5 Å². The van der Waals surface area contributed by atoms with Crippen molar-refractivity contribution in [3.05, 3.63) is 53.6 Å². The van der Waals surface area contributed by atoms with Gasteiger partial charge in [-0.25, -0.2) is 4.79 Å². The lowest BCUT2D eigenvalue weighted by Crippen LogP contribution is -2.38. The van der Waals surface area contributed by atoms with Crippen molar-refractivity contribution in [3.8, 4) is 11.5 Å². The molecule has 2 aromatic rings. The second-order valence-corrected chi connectivity index (χ2v) is 7.06. The van der Waals surface area contributed by atoms with Gasteiger partial charge in [0.15, 0.2) is 5.75 Å². The number of amides is 1. The van der Waals surface area contributed by atoms with Gasteiger partial charge in [-0.05, 0) is 51.1 Å². The van der Waals surface area contributed by atoms with E-state index in [1.54, 1.807) is 45.0 Å². The van der Waals surface area contributed by atoms with E-state index in [9.17, 15) is 19.5 Å². The van der Waals surface area contributed by atoms with Gasteiger partial charge in [0.25, 0.3) is 5.91 Å². The summed E-state index contributed by atoms with van der Waals surface area (Å²) >= 11 is 0. The lowest BCUT2D eigenvalue weighted by Gasteiger charge is -2.25. The Balaban J connectivity index is 2.08. The van der Waals surface area contributed by atoms with Crippen LogP contribution in [0.1, 0.15) is 41.5 Å². The van der Waals surface area contributed by atoms with Crippen LogP contribution in [-0.4, -0.2) is 35.1 Å². The van der Waals surface area contributed by atoms with Gasteiger partial charge < -0.3 is 14.6 Å². The molecule has 0 saturated carbocycles. The van der Waals surface area contributed by atoms with E-state index in [0.29, 0.717) is 5.75 Å². The van der Waals surface area contributed by atoms with E-state index in [2.05, 4.69) is 0 Å². The van der Waals surface area contributed by atoms with Gasteiger partial charge in [0.05, 0.1) is 16.8 Å². The number of hydrogen-bond acceptors (Lipinski definition) is 5. The van der Waals surface area contributed by atoms with Gasteiger partial charge in [0, 0.05) is 0 Å². The first kappa shape index (κ1) is 18.4. The summed E-state index contributed by atoms with van der Waals surface area (Å²) in [6.07, 6.45) is 0. The molecule has 1 aliphatic rings. The molecule has 3 rings (SSSR count). The molecule has 1 heterocycles. The summed E-state index contributed by atoms with van der Waals surface area (Å²) < 4.78 is 11.1. The standard InChI is InChI=1S/C20H19NO6/c1-20(2,3)27-17(22)11-21-14-10-12(19(24)25)8-9-16(14)26-15-7-5-4-6-13(15)18(21)23/h4-10H,11H2,1-3H3,(H,24,25). The van der Waals surface area contributed by atoms with Crippen LogP contribution < -0.4 is 9.64 Å². The van der Waals surface area contributed by atoms with E-state index in [1.807, 2.05) is 0 Å². The van der Waals surface area contributed by atoms with Crippen LogP contribution in [0.3, 0.4) is 0 Å². The fraction of sp³-hybridized carbons (Fsp3) is 0.250. The quantitative estimate of drug-likeness (QED) is 0.833. The van der Waals surface area contributed by atoms with Gasteiger partial charge in [0.2, 0.25) is 0 Å². The minimum atomic E-state index is -1.15. The Kier molecular flexibility index (Phi) is 4.61. The molecule has 0 atom stereocenters. The number of benzene rings is 2. The first-order valence-corrected chi connectivity index (χ1v) is 8.33. The first-order chi connectivity index (χ1) is 12.7. The zero-order chi connectivity index (χ0) is 19.8. The zero-order valence-corrected chi connectivity index (χ0v) is 15.2. The molecule has 1 amide bonds. The average molecular weight is 369 g/mol. The van der Waals surface area contributed by atoms with E-state index in [-0.39, 0.29) is 29.1 Å². The number of rotatable bonds is 3. The van der Waals surface area contributed by atoms with E-state index in [4.69, 9.17) is 9.47 Å². The molecule has 0 unspecified atom stereocenters. The molecule has 0 radical (unpaired) electrons. The number of ether oxygens (including phenoxy) is 2. The first-order valence-electron chi connectivity index (χ1n) is 8.33. The van der Waals surface area contributed by atoms with Crippen molar-refractivity contribution >= 4 is 23.5 Å². The van der Waals surface area contributed by atoms with Crippen LogP contribution in [0.15, 0.2) is 42.5 Å². The number of carbonyl (C=O) groups excluding carboxylic acids is 2. The van der Waals surface area contributed by atoms with Crippen molar-refractivity contribution < 1.29 is 29.0 Å². The number of anilines is 1. The molecule has 0 spiro atoms. The third-order valence-electron chi connectivity index (χ3n) is 3.79. The van der Waals surface area contributed by atoms with Crippen LogP contribution in [0.25, 0.3) is 0 Å². The van der Waals surface area contributed by atoms with Crippen LogP contribution in [0.5, 0.6) is 11.5 Å². The number of para-hydroxylation sites is 1. The van der Waals surface area contributed by atoms with Gasteiger partial charge in [-0.15, -0.1) is 0 Å². The number of hydrogen-bond donors (Lipinski definition) is 1. The molecule has 1 N–H and O–H groups in total. The Morgan fingerprint density at radius 1 is 1.11 bits per heavy atom. The Bertz CT molecular complexity index is 928. The molecule has 140 valence electrons. The minimum Gasteiger partial charge on any atom is -0.478 e. The second-order valence-electron chi connectivity index (χ2n) is 7.06. The van der Waals surface area contributed by atoms with E-state index in [0.717, 1.165) is 0 Å². The summed E-state index contributed by atoms with van der Waals surface area (Å²) in [7, 11) is 0. The normalized spacial score (nSPS) is 13.1. The Labute approximate surface area is 156 Å². The molecule has 27 heavy (non-hydrogen) atoms. The number of carboxylic acid groups (broad SMARTS) is 1. The molecule has 0 bridgehead atoms. The van der Waals surface area contributed by atoms with Crippen LogP contribution in [0.4, 0.5) is 5.69 Å². The molecule has 7 heteroatoms. The third kappa shape index (κ3) is 3.92. The van der Waals surface area contributed by atoms with Crippen LogP contribution in [0, 0.1) is 0 Å². The number of nitrogens with zero attached hydrogens (tertiary/aromatic N) is 1. The molecule has 0 fully saturated rings. The number of esters is 1. The smallest absolute Gasteiger partial charge is 0.335 e. The lowest BCUT2D eigenvalue weighted by molar-refractivity contribution is -0.152. The predicted octanol–water partition coefficient (Wildman–Crippen LogP) is 3.48. The summed E-state index contributed by atoms with van der Waals surface area (Å²) in [6, 6.07) is 10.8.